The molecule has 0 radical (unpaired) electrons. The topological polar surface area (TPSA) is 41.5 Å². The Morgan fingerprint density at radius 2 is 2.18 bits per heavy atom. The molecule has 1 aliphatic rings. The van der Waals surface area contributed by atoms with Crippen LogP contribution in [0.2, 0.25) is 0 Å². The van der Waals surface area contributed by atoms with Gasteiger partial charge in [-0.25, -0.2) is 0 Å². The molecule has 0 amide bonds. The Kier molecular flexibility index (Phi) is 6.45. The molecule has 102 valence electrons. The Labute approximate surface area is 106 Å². The van der Waals surface area contributed by atoms with Gasteiger partial charge < -0.3 is 15.2 Å². The van der Waals surface area contributed by atoms with Gasteiger partial charge in [-0.2, -0.15) is 0 Å². The predicted octanol–water partition coefficient (Wildman–Crippen LogP) is 2.33. The Morgan fingerprint density at radius 1 is 1.47 bits per heavy atom. The van der Waals surface area contributed by atoms with Crippen molar-refractivity contribution in [3.05, 3.63) is 0 Å². The molecule has 2 N–H and O–H groups in total. The van der Waals surface area contributed by atoms with E-state index in [4.69, 9.17) is 4.74 Å². The summed E-state index contributed by atoms with van der Waals surface area (Å²) in [7, 11) is 0. The number of aliphatic hydroxyl groups is 1. The van der Waals surface area contributed by atoms with Gasteiger partial charge in [0.15, 0.2) is 0 Å². The lowest BCUT2D eigenvalue weighted by Gasteiger charge is -2.32. The van der Waals surface area contributed by atoms with Crippen LogP contribution < -0.4 is 5.32 Å². The molecule has 1 aliphatic carbocycles. The van der Waals surface area contributed by atoms with Crippen LogP contribution in [0.4, 0.5) is 0 Å². The zero-order valence-corrected chi connectivity index (χ0v) is 11.7. The molecule has 1 saturated carbocycles. The fourth-order valence-corrected chi connectivity index (χ4v) is 2.53. The SMILES string of the molecule is CCNC(C)(CO)CC(C)OCCC1CCC1. The fourth-order valence-electron chi connectivity index (χ4n) is 2.53. The van der Waals surface area contributed by atoms with Crippen LogP contribution in [0, 0.1) is 5.92 Å². The minimum absolute atomic E-state index is 0.164. The van der Waals surface area contributed by atoms with E-state index in [9.17, 15) is 5.11 Å². The van der Waals surface area contributed by atoms with Crippen LogP contribution in [0.3, 0.4) is 0 Å². The number of ether oxygens (including phenoxy) is 1. The molecule has 1 rings (SSSR count). The highest BCUT2D eigenvalue weighted by Crippen LogP contribution is 2.29. The first-order valence-electron chi connectivity index (χ1n) is 7.07. The van der Waals surface area contributed by atoms with Gasteiger partial charge in [-0.3, -0.25) is 0 Å². The normalized spacial score (nSPS) is 21.9. The van der Waals surface area contributed by atoms with Crippen LogP contribution in [0.5, 0.6) is 0 Å². The number of rotatable bonds is 9. The second-order valence-electron chi connectivity index (χ2n) is 5.72. The summed E-state index contributed by atoms with van der Waals surface area (Å²) in [6.45, 7) is 8.15. The van der Waals surface area contributed by atoms with Crippen LogP contribution in [-0.2, 0) is 4.74 Å². The summed E-state index contributed by atoms with van der Waals surface area (Å²) >= 11 is 0. The van der Waals surface area contributed by atoms with Crippen LogP contribution in [0.15, 0.2) is 0 Å². The van der Waals surface area contributed by atoms with Crippen molar-refractivity contribution in [3.8, 4) is 0 Å². The lowest BCUT2D eigenvalue weighted by atomic mass is 9.83. The van der Waals surface area contributed by atoms with Crippen LogP contribution in [0.1, 0.15) is 52.9 Å². The second-order valence-corrected chi connectivity index (χ2v) is 5.72. The van der Waals surface area contributed by atoms with Crippen molar-refractivity contribution in [2.24, 2.45) is 5.92 Å². The van der Waals surface area contributed by atoms with E-state index in [1.807, 2.05) is 0 Å². The molecule has 3 heteroatoms. The van der Waals surface area contributed by atoms with Gasteiger partial charge in [0.25, 0.3) is 0 Å². The van der Waals surface area contributed by atoms with E-state index >= 15 is 0 Å². The number of aliphatic hydroxyl groups excluding tert-OH is 1. The molecule has 0 heterocycles. The highest BCUT2D eigenvalue weighted by atomic mass is 16.5. The third-order valence-corrected chi connectivity index (χ3v) is 3.84. The fraction of sp³-hybridized carbons (Fsp3) is 1.00. The zero-order chi connectivity index (χ0) is 12.7. The Bertz CT molecular complexity index is 206. The highest BCUT2D eigenvalue weighted by molar-refractivity contribution is 4.84. The van der Waals surface area contributed by atoms with E-state index in [2.05, 4.69) is 26.1 Å². The molecular weight excluding hydrogens is 214 g/mol. The first-order valence-corrected chi connectivity index (χ1v) is 7.07. The quantitative estimate of drug-likeness (QED) is 0.653. The number of hydrogen-bond donors (Lipinski definition) is 2. The molecule has 0 aromatic carbocycles. The third-order valence-electron chi connectivity index (χ3n) is 3.84. The number of nitrogens with one attached hydrogen (secondary N) is 1. The van der Waals surface area contributed by atoms with E-state index < -0.39 is 0 Å². The van der Waals surface area contributed by atoms with Gasteiger partial charge in [-0.05, 0) is 39.2 Å². The molecular formula is C14H29NO2. The maximum Gasteiger partial charge on any atom is 0.0611 e. The van der Waals surface area contributed by atoms with E-state index in [0.29, 0.717) is 0 Å². The molecule has 0 bridgehead atoms. The largest absolute Gasteiger partial charge is 0.394 e. The Hall–Kier alpha value is -0.120. The minimum Gasteiger partial charge on any atom is -0.394 e. The van der Waals surface area contributed by atoms with E-state index in [1.54, 1.807) is 0 Å². The summed E-state index contributed by atoms with van der Waals surface area (Å²) in [4.78, 5) is 0. The highest BCUT2D eigenvalue weighted by Gasteiger charge is 2.25. The van der Waals surface area contributed by atoms with Gasteiger partial charge in [-0.1, -0.05) is 26.2 Å². The van der Waals surface area contributed by atoms with E-state index in [0.717, 1.165) is 25.5 Å². The zero-order valence-electron chi connectivity index (χ0n) is 11.7. The number of hydrogen-bond acceptors (Lipinski definition) is 3. The predicted molar refractivity (Wildman–Crippen MR) is 71.2 cm³/mol. The summed E-state index contributed by atoms with van der Waals surface area (Å²) in [5.41, 5.74) is -0.204. The molecule has 0 saturated heterocycles. The lowest BCUT2D eigenvalue weighted by molar-refractivity contribution is 0.0179. The molecule has 2 atom stereocenters. The molecule has 0 spiro atoms. The molecule has 3 nitrogen and oxygen atoms in total. The van der Waals surface area contributed by atoms with Crippen molar-refractivity contribution >= 4 is 0 Å². The second kappa shape index (κ2) is 7.34. The molecule has 0 aliphatic heterocycles. The van der Waals surface area contributed by atoms with Crippen molar-refractivity contribution in [1.29, 1.82) is 0 Å². The summed E-state index contributed by atoms with van der Waals surface area (Å²) in [6, 6.07) is 0. The maximum absolute atomic E-state index is 9.41. The van der Waals surface area contributed by atoms with Crippen molar-refractivity contribution < 1.29 is 9.84 Å². The standard InChI is InChI=1S/C14H29NO2/c1-4-15-14(3,11-16)10-12(2)17-9-8-13-6-5-7-13/h12-13,15-16H,4-11H2,1-3H3. The summed E-state index contributed by atoms with van der Waals surface area (Å²) in [5, 5.41) is 12.7. The third kappa shape index (κ3) is 5.36. The van der Waals surface area contributed by atoms with Gasteiger partial charge in [0.2, 0.25) is 0 Å². The molecule has 17 heavy (non-hydrogen) atoms. The first-order chi connectivity index (χ1) is 8.09. The molecule has 0 aromatic heterocycles. The number of likely N-dealkylation sites (N-methyl/N-ethyl adjacent to an activating group) is 1. The molecule has 2 unspecified atom stereocenters. The average molecular weight is 243 g/mol. The van der Waals surface area contributed by atoms with E-state index in [-0.39, 0.29) is 18.2 Å². The Morgan fingerprint density at radius 3 is 2.65 bits per heavy atom. The van der Waals surface area contributed by atoms with Crippen molar-refractivity contribution in [3.63, 3.8) is 0 Å². The molecule has 0 aromatic rings. The van der Waals surface area contributed by atoms with Crippen molar-refractivity contribution in [1.82, 2.24) is 5.32 Å². The summed E-state index contributed by atoms with van der Waals surface area (Å²) < 4.78 is 5.84. The van der Waals surface area contributed by atoms with Gasteiger partial charge in [0.05, 0.1) is 12.7 Å². The Balaban J connectivity index is 2.14. The average Bonchev–Trinajstić information content (AvgIpc) is 2.22. The monoisotopic (exact) mass is 243 g/mol. The summed E-state index contributed by atoms with van der Waals surface area (Å²) in [6.07, 6.45) is 6.48. The van der Waals surface area contributed by atoms with Gasteiger partial charge in [-0.15, -0.1) is 0 Å². The lowest BCUT2D eigenvalue weighted by Crippen LogP contribution is -2.48. The first kappa shape index (κ1) is 14.9. The maximum atomic E-state index is 9.41. The van der Waals surface area contributed by atoms with Crippen LogP contribution in [-0.4, -0.2) is 36.5 Å². The van der Waals surface area contributed by atoms with Gasteiger partial charge in [0, 0.05) is 12.1 Å². The van der Waals surface area contributed by atoms with Crippen LogP contribution >= 0.6 is 0 Å². The smallest absolute Gasteiger partial charge is 0.0611 e. The minimum atomic E-state index is -0.204. The van der Waals surface area contributed by atoms with Crippen molar-refractivity contribution in [2.75, 3.05) is 19.8 Å². The van der Waals surface area contributed by atoms with E-state index in [1.165, 1.54) is 25.7 Å². The summed E-state index contributed by atoms with van der Waals surface area (Å²) in [5.74, 6) is 0.917. The van der Waals surface area contributed by atoms with Crippen molar-refractivity contribution in [2.45, 2.75) is 64.5 Å². The van der Waals surface area contributed by atoms with Gasteiger partial charge in [0.1, 0.15) is 0 Å². The van der Waals surface area contributed by atoms with Crippen LogP contribution in [0.25, 0.3) is 0 Å². The van der Waals surface area contributed by atoms with Gasteiger partial charge >= 0.3 is 0 Å². The molecule has 1 fully saturated rings.